The van der Waals surface area contributed by atoms with Crippen molar-refractivity contribution >= 4 is 66.4 Å². The molecule has 33 heavy (non-hydrogen) atoms. The Morgan fingerprint density at radius 2 is 0.939 bits per heavy atom. The molecule has 0 aliphatic heterocycles. The van der Waals surface area contributed by atoms with Crippen LogP contribution < -0.4 is 10.6 Å². The van der Waals surface area contributed by atoms with E-state index in [0.29, 0.717) is 11.4 Å². The first-order valence-corrected chi connectivity index (χ1v) is 13.0. The van der Waals surface area contributed by atoms with Gasteiger partial charge in [0.05, 0.1) is 21.1 Å². The number of rotatable bonds is 4. The maximum atomic E-state index is 13.1. The van der Waals surface area contributed by atoms with Crippen LogP contribution in [-0.4, -0.2) is 11.8 Å². The summed E-state index contributed by atoms with van der Waals surface area (Å²) in [5.74, 6) is -0.237. The average Bonchev–Trinajstić information content (AvgIpc) is 3.06. The summed E-state index contributed by atoms with van der Waals surface area (Å²) in [7, 11) is 0. The second kappa shape index (κ2) is 9.72. The van der Waals surface area contributed by atoms with Crippen LogP contribution in [0, 0.1) is 10.8 Å². The van der Waals surface area contributed by atoms with Gasteiger partial charge in [0, 0.05) is 19.8 Å². The molecule has 0 aliphatic rings. The molecule has 0 spiro atoms. The molecule has 3 rings (SSSR count). The SMILES string of the molecule is CC(C)(C)C(=O)Nc1c(-c2ccc(Br)cc2)sc(-c2ccc(Br)cc2)c1NC(=O)C(C)(C)C. The molecule has 2 aromatic carbocycles. The standard InChI is InChI=1S/C26H28Br2N2O2S/c1-25(2,3)23(31)29-19-20(30-24(32)26(4,5)6)22(16-9-13-18(28)14-10-16)33-21(19)15-7-11-17(27)12-8-15/h7-14H,1-6H3,(H,29,31)(H,30,32). The fourth-order valence-corrected chi connectivity index (χ4v) is 4.63. The first-order valence-electron chi connectivity index (χ1n) is 10.6. The zero-order chi connectivity index (χ0) is 24.6. The summed E-state index contributed by atoms with van der Waals surface area (Å²) in [5, 5.41) is 6.25. The molecule has 3 aromatic rings. The lowest BCUT2D eigenvalue weighted by Gasteiger charge is -2.22. The first kappa shape index (κ1) is 25.7. The largest absolute Gasteiger partial charge is 0.323 e. The molecule has 0 saturated carbocycles. The smallest absolute Gasteiger partial charge is 0.229 e. The highest BCUT2D eigenvalue weighted by Crippen LogP contribution is 2.50. The summed E-state index contributed by atoms with van der Waals surface area (Å²) in [6.45, 7) is 11.2. The minimum absolute atomic E-state index is 0.118. The fourth-order valence-electron chi connectivity index (χ4n) is 2.88. The van der Waals surface area contributed by atoms with Gasteiger partial charge < -0.3 is 10.6 Å². The summed E-state index contributed by atoms with van der Waals surface area (Å²) in [6, 6.07) is 15.9. The fraction of sp³-hybridized carbons (Fsp3) is 0.308. The van der Waals surface area contributed by atoms with E-state index in [9.17, 15) is 9.59 Å². The van der Waals surface area contributed by atoms with Crippen LogP contribution in [0.3, 0.4) is 0 Å². The Kier molecular flexibility index (Phi) is 7.56. The van der Waals surface area contributed by atoms with Gasteiger partial charge >= 0.3 is 0 Å². The van der Waals surface area contributed by atoms with Crippen molar-refractivity contribution in [2.45, 2.75) is 41.5 Å². The van der Waals surface area contributed by atoms with Crippen molar-refractivity contribution in [2.24, 2.45) is 10.8 Å². The molecule has 0 aliphatic carbocycles. The van der Waals surface area contributed by atoms with Crippen molar-refractivity contribution in [1.82, 2.24) is 0 Å². The summed E-state index contributed by atoms with van der Waals surface area (Å²) in [5.41, 5.74) is 1.98. The topological polar surface area (TPSA) is 58.2 Å². The van der Waals surface area contributed by atoms with Crippen molar-refractivity contribution in [3.8, 4) is 20.9 Å². The van der Waals surface area contributed by atoms with E-state index < -0.39 is 10.8 Å². The van der Waals surface area contributed by atoms with E-state index >= 15 is 0 Å². The molecule has 2 N–H and O–H groups in total. The Labute approximate surface area is 216 Å². The number of benzene rings is 2. The molecule has 1 heterocycles. The van der Waals surface area contributed by atoms with Crippen LogP contribution in [-0.2, 0) is 9.59 Å². The van der Waals surface area contributed by atoms with Crippen LogP contribution in [0.5, 0.6) is 0 Å². The van der Waals surface area contributed by atoms with E-state index in [1.54, 1.807) is 11.3 Å². The molecular formula is C26H28Br2N2O2S. The van der Waals surface area contributed by atoms with E-state index in [2.05, 4.69) is 42.5 Å². The van der Waals surface area contributed by atoms with Crippen LogP contribution in [0.1, 0.15) is 41.5 Å². The number of thiophene rings is 1. The summed E-state index contributed by atoms with van der Waals surface area (Å²) in [6.07, 6.45) is 0. The molecule has 2 amide bonds. The van der Waals surface area contributed by atoms with Gasteiger partial charge in [-0.3, -0.25) is 9.59 Å². The summed E-state index contributed by atoms with van der Waals surface area (Å²) >= 11 is 8.53. The summed E-state index contributed by atoms with van der Waals surface area (Å²) in [4.78, 5) is 27.9. The molecule has 0 fully saturated rings. The number of halogens is 2. The zero-order valence-electron chi connectivity index (χ0n) is 19.6. The highest BCUT2D eigenvalue weighted by atomic mass is 79.9. The molecule has 7 heteroatoms. The number of nitrogens with one attached hydrogen (secondary N) is 2. The van der Waals surface area contributed by atoms with Crippen LogP contribution in [0.25, 0.3) is 20.9 Å². The molecule has 174 valence electrons. The van der Waals surface area contributed by atoms with Gasteiger partial charge in [-0.15, -0.1) is 11.3 Å². The van der Waals surface area contributed by atoms with Crippen molar-refractivity contribution in [3.05, 3.63) is 57.5 Å². The molecule has 4 nitrogen and oxygen atoms in total. The number of anilines is 2. The highest BCUT2D eigenvalue weighted by Gasteiger charge is 2.30. The number of carbonyl (C=O) groups is 2. The lowest BCUT2D eigenvalue weighted by atomic mass is 9.94. The third kappa shape index (κ3) is 6.14. The van der Waals surface area contributed by atoms with Gasteiger partial charge in [-0.1, -0.05) is 97.7 Å². The number of carbonyl (C=O) groups excluding carboxylic acids is 2. The Hall–Kier alpha value is -1.96. The van der Waals surface area contributed by atoms with Crippen molar-refractivity contribution < 1.29 is 9.59 Å². The Morgan fingerprint density at radius 1 is 0.636 bits per heavy atom. The van der Waals surface area contributed by atoms with Gasteiger partial charge in [-0.2, -0.15) is 0 Å². The lowest BCUT2D eigenvalue weighted by Crippen LogP contribution is -2.30. The normalized spacial score (nSPS) is 11.9. The highest BCUT2D eigenvalue weighted by molar-refractivity contribution is 9.10. The van der Waals surface area contributed by atoms with Crippen LogP contribution in [0.2, 0.25) is 0 Å². The molecule has 1 aromatic heterocycles. The molecule has 0 saturated heterocycles. The van der Waals surface area contributed by atoms with Crippen LogP contribution in [0.4, 0.5) is 11.4 Å². The minimum atomic E-state index is -0.595. The minimum Gasteiger partial charge on any atom is -0.323 e. The van der Waals surface area contributed by atoms with Crippen LogP contribution >= 0.6 is 43.2 Å². The third-order valence-electron chi connectivity index (χ3n) is 4.96. The molecule has 0 atom stereocenters. The summed E-state index contributed by atoms with van der Waals surface area (Å²) < 4.78 is 1.94. The monoisotopic (exact) mass is 590 g/mol. The molecule has 0 unspecified atom stereocenters. The molecular weight excluding hydrogens is 564 g/mol. The number of hydrogen-bond acceptors (Lipinski definition) is 3. The maximum Gasteiger partial charge on any atom is 0.229 e. The van der Waals surface area contributed by atoms with E-state index in [4.69, 9.17) is 0 Å². The quantitative estimate of drug-likeness (QED) is 0.319. The van der Waals surface area contributed by atoms with Crippen molar-refractivity contribution in [2.75, 3.05) is 10.6 Å². The molecule has 0 radical (unpaired) electrons. The molecule has 0 bridgehead atoms. The van der Waals surface area contributed by atoms with Crippen LogP contribution in [0.15, 0.2) is 57.5 Å². The van der Waals surface area contributed by atoms with Gasteiger partial charge in [0.15, 0.2) is 0 Å². The van der Waals surface area contributed by atoms with E-state index in [0.717, 1.165) is 29.8 Å². The number of amides is 2. The van der Waals surface area contributed by atoms with Crippen molar-refractivity contribution in [3.63, 3.8) is 0 Å². The second-order valence-electron chi connectivity index (χ2n) is 9.93. The van der Waals surface area contributed by atoms with E-state index in [-0.39, 0.29) is 11.8 Å². The van der Waals surface area contributed by atoms with Gasteiger partial charge in [-0.05, 0) is 35.4 Å². The Morgan fingerprint density at radius 3 is 1.21 bits per heavy atom. The van der Waals surface area contributed by atoms with E-state index in [1.165, 1.54) is 0 Å². The average molecular weight is 592 g/mol. The second-order valence-corrected chi connectivity index (χ2v) is 12.8. The maximum absolute atomic E-state index is 13.1. The number of hydrogen-bond donors (Lipinski definition) is 2. The predicted molar refractivity (Wildman–Crippen MR) is 147 cm³/mol. The van der Waals surface area contributed by atoms with E-state index in [1.807, 2.05) is 90.1 Å². The van der Waals surface area contributed by atoms with Gasteiger partial charge in [0.1, 0.15) is 0 Å². The predicted octanol–water partition coefficient (Wildman–Crippen LogP) is 8.58. The van der Waals surface area contributed by atoms with Gasteiger partial charge in [-0.25, -0.2) is 0 Å². The Bertz CT molecular complexity index is 1080. The van der Waals surface area contributed by atoms with Gasteiger partial charge in [0.25, 0.3) is 0 Å². The van der Waals surface area contributed by atoms with Gasteiger partial charge in [0.2, 0.25) is 11.8 Å². The zero-order valence-corrected chi connectivity index (χ0v) is 23.6. The third-order valence-corrected chi connectivity index (χ3v) is 7.31. The Balaban J connectivity index is 2.28. The lowest BCUT2D eigenvalue weighted by molar-refractivity contribution is -0.124. The first-order chi connectivity index (χ1) is 15.3. The van der Waals surface area contributed by atoms with Crippen molar-refractivity contribution in [1.29, 1.82) is 0 Å².